The number of aromatic amines is 1. The molecule has 2 aliphatic heterocycles. The predicted molar refractivity (Wildman–Crippen MR) is 128 cm³/mol. The van der Waals surface area contributed by atoms with E-state index in [1.807, 2.05) is 0 Å². The molecule has 2 aromatic rings. The smallest absolute Gasteiger partial charge is 0.352 e. The lowest BCUT2D eigenvalue weighted by Crippen LogP contribution is -2.81. The third-order valence-corrected chi connectivity index (χ3v) is 8.36. The Hall–Kier alpha value is -3.47. The molecule has 2 aliphatic rings. The molecular weight excluding hydrogens is 528 g/mol. The number of carbonyl (C=O) groups is 4. The van der Waals surface area contributed by atoms with Crippen LogP contribution in [-0.2, 0) is 23.9 Å². The number of carbonyl (C=O) groups excluding carboxylic acids is 2. The summed E-state index contributed by atoms with van der Waals surface area (Å²) in [6.45, 7) is 0. The van der Waals surface area contributed by atoms with Crippen molar-refractivity contribution in [3.63, 3.8) is 0 Å². The second kappa shape index (κ2) is 10.9. The fourth-order valence-electron chi connectivity index (χ4n) is 4.08. The van der Waals surface area contributed by atoms with Crippen LogP contribution in [0, 0.1) is 0 Å². The second-order valence-corrected chi connectivity index (χ2v) is 10.2. The van der Waals surface area contributed by atoms with Gasteiger partial charge in [-0.05, 0) is 22.8 Å². The first-order valence-corrected chi connectivity index (χ1v) is 12.8. The zero-order valence-corrected chi connectivity index (χ0v) is 20.9. The molecule has 196 valence electrons. The number of hydrogen-bond acceptors (Lipinski definition) is 11. The van der Waals surface area contributed by atoms with Crippen LogP contribution in [-0.4, -0.2) is 93.8 Å². The summed E-state index contributed by atoms with van der Waals surface area (Å²) in [6.07, 6.45) is -1.80. The van der Waals surface area contributed by atoms with Gasteiger partial charge in [0, 0.05) is 24.5 Å². The Morgan fingerprint density at radius 2 is 2.05 bits per heavy atom. The number of amides is 2. The number of β-lactam (4-membered cyclic amide) rings is 1. The van der Waals surface area contributed by atoms with Crippen LogP contribution in [0.15, 0.2) is 46.8 Å². The van der Waals surface area contributed by atoms with Crippen molar-refractivity contribution in [3.8, 4) is 0 Å². The number of nitrogens with zero attached hydrogens (tertiary/aromatic N) is 4. The van der Waals surface area contributed by atoms with Crippen molar-refractivity contribution in [2.75, 3.05) is 12.9 Å². The normalized spacial score (nSPS) is 22.6. The summed E-state index contributed by atoms with van der Waals surface area (Å²) in [7, 11) is 1.20. The van der Waals surface area contributed by atoms with Crippen LogP contribution in [0.2, 0.25) is 0 Å². The Bertz CT molecular complexity index is 1230. The Kier molecular flexibility index (Phi) is 7.82. The van der Waals surface area contributed by atoms with E-state index in [0.717, 1.165) is 28.4 Å². The minimum atomic E-state index is -1.90. The van der Waals surface area contributed by atoms with Gasteiger partial charge in [0.2, 0.25) is 5.16 Å². The van der Waals surface area contributed by atoms with Gasteiger partial charge >= 0.3 is 11.9 Å². The number of benzene rings is 1. The average Bonchev–Trinajstić information content (AvgIpc) is 3.41. The molecule has 0 saturated carbocycles. The number of aliphatic hydroxyl groups excluding tert-OH is 1. The minimum Gasteiger partial charge on any atom is -0.481 e. The number of hydrogen-bond donors (Lipinski definition) is 5. The van der Waals surface area contributed by atoms with Crippen LogP contribution in [0.3, 0.4) is 0 Å². The van der Waals surface area contributed by atoms with Crippen LogP contribution in [0.5, 0.6) is 0 Å². The first-order valence-electron chi connectivity index (χ1n) is 10.8. The van der Waals surface area contributed by atoms with Gasteiger partial charge in [-0.15, -0.1) is 22.0 Å². The molecule has 5 N–H and O–H groups in total. The molecule has 0 spiro atoms. The summed E-state index contributed by atoms with van der Waals surface area (Å²) in [4.78, 5) is 50.8. The number of fused-ring (bicyclic) bond motifs is 1. The number of thioether (sulfide) groups is 2. The van der Waals surface area contributed by atoms with Gasteiger partial charge in [-0.2, -0.15) is 5.21 Å². The van der Waals surface area contributed by atoms with Gasteiger partial charge in [-0.3, -0.25) is 19.3 Å². The number of nitrogens with one attached hydrogen (secondary N) is 2. The monoisotopic (exact) mass is 550 g/mol. The summed E-state index contributed by atoms with van der Waals surface area (Å²) in [5, 5.41) is 44.1. The molecule has 2 amide bonds. The topological polar surface area (TPSA) is 208 Å². The van der Waals surface area contributed by atoms with E-state index >= 15 is 0 Å². The summed E-state index contributed by atoms with van der Waals surface area (Å²) in [5.41, 5.74) is -1.62. The fourth-order valence-corrected chi connectivity index (χ4v) is 6.71. The van der Waals surface area contributed by atoms with Crippen LogP contribution < -0.4 is 5.32 Å². The molecule has 37 heavy (non-hydrogen) atoms. The molecule has 4 rings (SSSR count). The van der Waals surface area contributed by atoms with Crippen molar-refractivity contribution in [2.24, 2.45) is 0 Å². The largest absolute Gasteiger partial charge is 0.481 e. The van der Waals surface area contributed by atoms with E-state index in [2.05, 4.69) is 25.9 Å². The van der Waals surface area contributed by atoms with Crippen LogP contribution >= 0.6 is 23.5 Å². The molecule has 1 saturated heterocycles. The number of carboxylic acids is 2. The summed E-state index contributed by atoms with van der Waals surface area (Å²) in [6, 6.07) is 8.09. The second-order valence-electron chi connectivity index (χ2n) is 7.99. The standard InChI is InChI=1S/C21H22N6O8S2/c1-35-21(22-16(31)15(30)10-5-3-2-4-6-10)18(34)27-14(17(32)33)11(9-36-19(21)27)12(7-8-13(28)29)37-20-23-25-26-24-20/h2-6,12,15,19,30H,7-9H2,1H3,(H,22,31)(H,28,29)(H,32,33)(H,23,24,25,26)/t12?,15-,19-,21+/m1/s1. The fraction of sp³-hybridized carbons (Fsp3) is 0.381. The maximum absolute atomic E-state index is 13.4. The molecular formula is C21H22N6O8S2. The molecule has 16 heteroatoms. The van der Waals surface area contributed by atoms with Crippen molar-refractivity contribution >= 4 is 47.3 Å². The summed E-state index contributed by atoms with van der Waals surface area (Å²) < 4.78 is 5.41. The first-order chi connectivity index (χ1) is 17.7. The molecule has 0 radical (unpaired) electrons. The van der Waals surface area contributed by atoms with E-state index in [9.17, 15) is 34.5 Å². The number of carboxylic acid groups (broad SMARTS) is 2. The lowest BCUT2D eigenvalue weighted by molar-refractivity contribution is -0.194. The van der Waals surface area contributed by atoms with Crippen molar-refractivity contribution in [1.29, 1.82) is 0 Å². The van der Waals surface area contributed by atoms with Gasteiger partial charge in [-0.1, -0.05) is 42.1 Å². The molecule has 0 aliphatic carbocycles. The van der Waals surface area contributed by atoms with Gasteiger partial charge in [0.25, 0.3) is 17.5 Å². The highest BCUT2D eigenvalue weighted by atomic mass is 32.2. The molecule has 1 aromatic heterocycles. The van der Waals surface area contributed by atoms with Crippen molar-refractivity contribution in [1.82, 2.24) is 30.8 Å². The third-order valence-electron chi connectivity index (χ3n) is 5.84. The lowest BCUT2D eigenvalue weighted by atomic mass is 9.96. The Labute approximate surface area is 217 Å². The number of aliphatic carboxylic acids is 2. The molecule has 0 bridgehead atoms. The highest BCUT2D eigenvalue weighted by Crippen LogP contribution is 2.49. The third kappa shape index (κ3) is 5.04. The van der Waals surface area contributed by atoms with E-state index in [0.29, 0.717) is 11.1 Å². The number of aliphatic hydroxyl groups is 1. The van der Waals surface area contributed by atoms with E-state index in [1.54, 1.807) is 30.3 Å². The average molecular weight is 551 g/mol. The maximum atomic E-state index is 13.4. The Morgan fingerprint density at radius 3 is 2.65 bits per heavy atom. The molecule has 1 unspecified atom stereocenters. The first kappa shape index (κ1) is 26.6. The zero-order valence-electron chi connectivity index (χ0n) is 19.2. The van der Waals surface area contributed by atoms with Gasteiger partial charge < -0.3 is 25.4 Å². The summed E-state index contributed by atoms with van der Waals surface area (Å²) in [5.74, 6) is -4.11. The van der Waals surface area contributed by atoms with Crippen molar-refractivity contribution in [2.45, 2.75) is 40.5 Å². The highest BCUT2D eigenvalue weighted by molar-refractivity contribution is 8.01. The Morgan fingerprint density at radius 1 is 1.32 bits per heavy atom. The van der Waals surface area contributed by atoms with E-state index in [4.69, 9.17) is 4.74 Å². The lowest BCUT2D eigenvalue weighted by Gasteiger charge is -2.56. The number of H-pyrrole nitrogens is 1. The maximum Gasteiger partial charge on any atom is 0.352 e. The number of methoxy groups -OCH3 is 1. The molecule has 1 aromatic carbocycles. The van der Waals surface area contributed by atoms with Gasteiger partial charge in [0.05, 0.1) is 0 Å². The quantitative estimate of drug-likeness (QED) is 0.142. The van der Waals surface area contributed by atoms with E-state index in [-0.39, 0.29) is 29.4 Å². The minimum absolute atomic E-state index is 0.0450. The number of aromatic nitrogens is 4. The van der Waals surface area contributed by atoms with Crippen LogP contribution in [0.1, 0.15) is 24.5 Å². The van der Waals surface area contributed by atoms with Gasteiger partial charge in [-0.25, -0.2) is 4.79 Å². The highest BCUT2D eigenvalue weighted by Gasteiger charge is 2.67. The summed E-state index contributed by atoms with van der Waals surface area (Å²) >= 11 is 2.17. The molecule has 4 atom stereocenters. The molecule has 3 heterocycles. The van der Waals surface area contributed by atoms with Crippen LogP contribution in [0.25, 0.3) is 0 Å². The van der Waals surface area contributed by atoms with Gasteiger partial charge in [0.15, 0.2) is 6.10 Å². The van der Waals surface area contributed by atoms with E-state index in [1.165, 1.54) is 7.11 Å². The van der Waals surface area contributed by atoms with Gasteiger partial charge in [0.1, 0.15) is 11.1 Å². The predicted octanol–water partition coefficient (Wildman–Crippen LogP) is -0.0285. The molecule has 1 fully saturated rings. The SMILES string of the molecule is CO[C@@]1(NC(=O)[C@H](O)c2ccccc2)C(=O)N2C(C(=O)O)=C(C(CCC(=O)O)Sc3nn[nH]n3)CS[C@@H]21. The Balaban J connectivity index is 1.62. The number of rotatable bonds is 11. The van der Waals surface area contributed by atoms with Crippen LogP contribution in [0.4, 0.5) is 0 Å². The number of tetrazole rings is 1. The van der Waals surface area contributed by atoms with E-state index < -0.39 is 46.2 Å². The van der Waals surface area contributed by atoms with Crippen molar-refractivity contribution in [3.05, 3.63) is 47.2 Å². The zero-order chi connectivity index (χ0) is 26.7. The number of ether oxygens (including phenoxy) is 1. The van der Waals surface area contributed by atoms with Crippen molar-refractivity contribution < 1.29 is 39.2 Å². The molecule has 14 nitrogen and oxygen atoms in total.